The fourth-order valence-electron chi connectivity index (χ4n) is 0.232. The van der Waals surface area contributed by atoms with Gasteiger partial charge >= 0.3 is 96.7 Å². The summed E-state index contributed by atoms with van der Waals surface area (Å²) in [7, 11) is 0. The van der Waals surface area contributed by atoms with Crippen LogP contribution in [0.5, 0.6) is 0 Å². The van der Waals surface area contributed by atoms with Crippen LogP contribution in [0.2, 0.25) is 0 Å². The molecule has 16 heteroatoms. The van der Waals surface area contributed by atoms with E-state index in [0.29, 0.717) is 25.6 Å². The summed E-state index contributed by atoms with van der Waals surface area (Å²) in [6.45, 7) is 0. The molecule has 0 fully saturated rings. The average molecular weight is 400 g/mol. The third-order valence-electron chi connectivity index (χ3n) is 0.605. The molecule has 20 heavy (non-hydrogen) atoms. The van der Waals surface area contributed by atoms with Crippen molar-refractivity contribution in [3.63, 3.8) is 0 Å². The maximum atomic E-state index is 9.45. The van der Waals surface area contributed by atoms with Crippen molar-refractivity contribution in [1.29, 1.82) is 0 Å². The van der Waals surface area contributed by atoms with E-state index in [0.717, 1.165) is 0 Å². The monoisotopic (exact) mass is 398 g/mol. The molecule has 4 N–H and O–H groups in total. The molecular formula is C4H8Ga2N10O4. The zero-order chi connectivity index (χ0) is 16.5. The van der Waals surface area contributed by atoms with Gasteiger partial charge in [0.05, 0.1) is 0 Å². The molecule has 0 saturated carbocycles. The molecule has 0 saturated heterocycles. The largest absolute Gasteiger partial charge is 0.373 e. The number of carbonyl (C=O) groups is 4. The zero-order valence-corrected chi connectivity index (χ0v) is 14.6. The van der Waals surface area contributed by atoms with Crippen LogP contribution in [0.3, 0.4) is 0 Å². The molecule has 0 atom stereocenters. The number of nitrogens with zero attached hydrogens (tertiary/aromatic N) is 6. The summed E-state index contributed by atoms with van der Waals surface area (Å²) >= 11 is -1.91. The van der Waals surface area contributed by atoms with Crippen molar-refractivity contribution in [2.24, 2.45) is 0 Å². The Balaban J connectivity index is -0.0000000927. The summed E-state index contributed by atoms with van der Waals surface area (Å²) in [5, 5.41) is 0. The first kappa shape index (κ1) is 26.4. The Labute approximate surface area is 128 Å². The molecule has 14 nitrogen and oxygen atoms in total. The van der Waals surface area contributed by atoms with E-state index < -0.39 is 35.8 Å². The van der Waals surface area contributed by atoms with Crippen molar-refractivity contribution in [2.75, 3.05) is 0 Å². The minimum atomic E-state index is -0.953. The van der Waals surface area contributed by atoms with Gasteiger partial charge in [-0.2, -0.15) is 0 Å². The van der Waals surface area contributed by atoms with Crippen LogP contribution < -0.4 is 16.1 Å². The average Bonchev–Trinajstić information content (AvgIpc) is 2.43. The van der Waals surface area contributed by atoms with Crippen molar-refractivity contribution >= 4 is 61.4 Å². The van der Waals surface area contributed by atoms with Gasteiger partial charge in [-0.15, -0.1) is 0 Å². The van der Waals surface area contributed by atoms with Gasteiger partial charge in [0.1, 0.15) is 0 Å². The molecule has 0 heterocycles. The van der Waals surface area contributed by atoms with Crippen LogP contribution in [0.1, 0.15) is 0 Å². The second-order valence-electron chi connectivity index (χ2n) is 1.61. The fourth-order valence-corrected chi connectivity index (χ4v) is 1.21. The van der Waals surface area contributed by atoms with E-state index in [9.17, 15) is 19.2 Å². The second kappa shape index (κ2) is 43.7. The Morgan fingerprint density at radius 3 is 0.850 bits per heavy atom. The Morgan fingerprint density at radius 2 is 0.750 bits per heavy atom. The van der Waals surface area contributed by atoms with Crippen molar-refractivity contribution in [3.05, 3.63) is 31.9 Å². The molecule has 0 aliphatic heterocycles. The van der Waals surface area contributed by atoms with Crippen molar-refractivity contribution < 1.29 is 19.2 Å². The zero-order valence-electron chi connectivity index (χ0n) is 9.78. The van der Waals surface area contributed by atoms with Crippen LogP contribution in [-0.2, 0) is 19.2 Å². The summed E-state index contributed by atoms with van der Waals surface area (Å²) in [4.78, 5) is 40.8. The molecule has 0 radical (unpaired) electrons. The van der Waals surface area contributed by atoms with Crippen molar-refractivity contribution in [3.8, 4) is 0 Å². The van der Waals surface area contributed by atoms with Crippen LogP contribution in [0.4, 0.5) is 0 Å². The summed E-state index contributed by atoms with van der Waals surface area (Å²) in [5.74, 6) is 0. The SMILES string of the molecule is O=C[NH][Ga+][NH]C=O.O=C[NH][Ga+][NH]C=O.[N-]=[N+]=[N-].[N-]=[N+]=[N-]. The van der Waals surface area contributed by atoms with Crippen molar-refractivity contribution in [2.45, 2.75) is 0 Å². The molecule has 0 aromatic rings. The first-order chi connectivity index (χ1) is 9.66. The second-order valence-corrected chi connectivity index (χ2v) is 5.61. The maximum absolute atomic E-state index is 9.45. The van der Waals surface area contributed by atoms with Crippen molar-refractivity contribution in [1.82, 2.24) is 16.1 Å². The third kappa shape index (κ3) is 103. The number of amides is 4. The van der Waals surface area contributed by atoms with Crippen LogP contribution in [0.15, 0.2) is 0 Å². The van der Waals surface area contributed by atoms with Gasteiger partial charge in [0.15, 0.2) is 0 Å². The van der Waals surface area contributed by atoms with E-state index in [1.807, 2.05) is 0 Å². The maximum Gasteiger partial charge on any atom is -0.255 e. The minimum Gasteiger partial charge on any atom is -0.373 e. The Morgan fingerprint density at radius 1 is 0.600 bits per heavy atom. The smallest absolute Gasteiger partial charge is 0.255 e. The molecule has 0 aromatic carbocycles. The van der Waals surface area contributed by atoms with Gasteiger partial charge in [-0.05, 0) is 0 Å². The van der Waals surface area contributed by atoms with Gasteiger partial charge in [-0.3, -0.25) is 9.82 Å². The van der Waals surface area contributed by atoms with E-state index in [1.165, 1.54) is 9.82 Å². The Bertz CT molecular complexity index is 256. The van der Waals surface area contributed by atoms with Crippen LogP contribution >= 0.6 is 0 Å². The van der Waals surface area contributed by atoms with Gasteiger partial charge in [0, 0.05) is 0 Å². The summed E-state index contributed by atoms with van der Waals surface area (Å²) in [6, 6.07) is 0. The van der Waals surface area contributed by atoms with E-state index in [2.05, 4.69) is 16.1 Å². The minimum absolute atomic E-state index is 0.580. The predicted molar refractivity (Wildman–Crippen MR) is 68.5 cm³/mol. The summed E-state index contributed by atoms with van der Waals surface area (Å²) in [6.07, 6.45) is 2.32. The van der Waals surface area contributed by atoms with Crippen LogP contribution in [-0.4, -0.2) is 61.4 Å². The van der Waals surface area contributed by atoms with Gasteiger partial charge in [-0.1, -0.05) is 0 Å². The van der Waals surface area contributed by atoms with E-state index in [4.69, 9.17) is 22.1 Å². The predicted octanol–water partition coefficient (Wildman–Crippen LogP) is -2.24. The quantitative estimate of drug-likeness (QED) is 0.0883. The normalized spacial score (nSPS) is 4.80. The van der Waals surface area contributed by atoms with Crippen LogP contribution in [0.25, 0.3) is 31.9 Å². The molecule has 104 valence electrons. The van der Waals surface area contributed by atoms with E-state index in [1.54, 1.807) is 0 Å². The van der Waals surface area contributed by atoms with E-state index >= 15 is 0 Å². The molecule has 4 amide bonds. The van der Waals surface area contributed by atoms with Gasteiger partial charge in [0.2, 0.25) is 0 Å². The summed E-state index contributed by atoms with van der Waals surface area (Å²) in [5.41, 5.74) is 27.0. The van der Waals surface area contributed by atoms with Gasteiger partial charge in [0.25, 0.3) is 0 Å². The standard InChI is InChI=1S/4CH3NO.2Ga.2N3/c4*2-1-3;;;2*1-3-2/h4*1H,(H2,2,3);;;;/q;;;;2*+3;2*-1/p-4. The number of carbonyl (C=O) groups excluding carboxylic acids is 4. The first-order valence-corrected chi connectivity index (χ1v) is 8.90. The van der Waals surface area contributed by atoms with Gasteiger partial charge < -0.3 is 22.1 Å². The molecular weight excluding hydrogens is 392 g/mol. The molecule has 0 bridgehead atoms. The Kier molecular flexibility index (Phi) is 57.6. The fraction of sp³-hybridized carbons (Fsp3) is 0. The molecule has 0 aliphatic rings. The molecule has 0 aromatic heterocycles. The number of hydrogen-bond acceptors (Lipinski definition) is 4. The van der Waals surface area contributed by atoms with E-state index in [-0.39, 0.29) is 0 Å². The number of hydrogen-bond donors (Lipinski definition) is 4. The number of rotatable bonds is 8. The van der Waals surface area contributed by atoms with Gasteiger partial charge in [-0.25, -0.2) is 0 Å². The Hall–Kier alpha value is -2.23. The van der Waals surface area contributed by atoms with Crippen LogP contribution in [0, 0.1) is 0 Å². The number of nitrogens with one attached hydrogen (secondary N) is 4. The molecule has 0 spiro atoms. The third-order valence-corrected chi connectivity index (χ3v) is 3.15. The molecule has 0 rings (SSSR count). The molecule has 0 aliphatic carbocycles. The summed E-state index contributed by atoms with van der Waals surface area (Å²) < 4.78 is 9.53. The first-order valence-electron chi connectivity index (χ1n) is 4.05. The topological polar surface area (TPSA) is 234 Å². The molecule has 0 unspecified atom stereocenters.